The maximum atomic E-state index is 13.2. The fraction of sp³-hybridized carbons (Fsp3) is 0.611. The van der Waals surface area contributed by atoms with Crippen molar-refractivity contribution in [2.45, 2.75) is 56.6 Å². The van der Waals surface area contributed by atoms with Crippen molar-refractivity contribution in [1.29, 1.82) is 0 Å². The fourth-order valence-electron chi connectivity index (χ4n) is 3.78. The van der Waals surface area contributed by atoms with Gasteiger partial charge < -0.3 is 0 Å². The van der Waals surface area contributed by atoms with Crippen molar-refractivity contribution in [2.24, 2.45) is 0 Å². The van der Waals surface area contributed by atoms with Gasteiger partial charge in [-0.15, -0.1) is 0 Å². The molecule has 1 aromatic carbocycles. The minimum atomic E-state index is 0.00398. The molecule has 0 atom stereocenters. The van der Waals surface area contributed by atoms with Gasteiger partial charge in [0, 0.05) is 29.3 Å². The van der Waals surface area contributed by atoms with E-state index in [1.807, 2.05) is 12.1 Å². The summed E-state index contributed by atoms with van der Waals surface area (Å²) < 4.78 is 0.00398. The molecule has 3 rings (SSSR count). The lowest BCUT2D eigenvalue weighted by molar-refractivity contribution is 0.0916. The first-order chi connectivity index (χ1) is 9.72. The second-order valence-corrected chi connectivity index (χ2v) is 8.94. The van der Waals surface area contributed by atoms with Gasteiger partial charge in [-0.05, 0) is 32.6 Å². The van der Waals surface area contributed by atoms with Crippen LogP contribution in [-0.4, -0.2) is 22.0 Å². The van der Waals surface area contributed by atoms with Gasteiger partial charge in [-0.25, -0.2) is 0 Å². The number of carbonyl (C=O) groups is 1. The Morgan fingerprint density at radius 2 is 1.55 bits per heavy atom. The minimum Gasteiger partial charge on any atom is -0.288 e. The zero-order chi connectivity index (χ0) is 14.0. The van der Waals surface area contributed by atoms with Crippen LogP contribution < -0.4 is 0 Å². The van der Waals surface area contributed by atoms with Crippen molar-refractivity contribution < 1.29 is 4.79 Å². The summed E-state index contributed by atoms with van der Waals surface area (Å²) in [7, 11) is 0.342. The molecule has 1 aromatic rings. The molecule has 2 aliphatic rings. The summed E-state index contributed by atoms with van der Waals surface area (Å²) in [6.07, 6.45) is 8.78. The first-order valence-corrected chi connectivity index (χ1v) is 9.58. The molecule has 20 heavy (non-hydrogen) atoms. The second-order valence-electron chi connectivity index (χ2n) is 6.36. The van der Waals surface area contributed by atoms with E-state index in [-0.39, 0.29) is 4.75 Å². The van der Waals surface area contributed by atoms with Crippen LogP contribution >= 0.6 is 0 Å². The van der Waals surface area contributed by atoms with Crippen LogP contribution in [0.5, 0.6) is 0 Å². The second kappa shape index (κ2) is 5.93. The largest absolute Gasteiger partial charge is 0.288 e. The number of Topliss-reactive ketones (excluding diaryl/α,β-unsaturated/α-hetero) is 1. The summed E-state index contributed by atoms with van der Waals surface area (Å²) in [6.45, 7) is 2.09. The number of aryl methyl sites for hydroxylation is 1. The Bertz CT molecular complexity index is 465. The van der Waals surface area contributed by atoms with Crippen molar-refractivity contribution >= 4 is 16.7 Å². The summed E-state index contributed by atoms with van der Waals surface area (Å²) in [5, 5.41) is 0. The van der Waals surface area contributed by atoms with Crippen LogP contribution in [0, 0.1) is 6.92 Å². The van der Waals surface area contributed by atoms with Gasteiger partial charge in [0.05, 0.1) is 0 Å². The van der Waals surface area contributed by atoms with Crippen LogP contribution in [-0.2, 0) is 10.9 Å². The van der Waals surface area contributed by atoms with Crippen LogP contribution in [0.15, 0.2) is 24.3 Å². The average Bonchev–Trinajstić information content (AvgIpc) is 3.03. The highest BCUT2D eigenvalue weighted by Crippen LogP contribution is 2.42. The van der Waals surface area contributed by atoms with Crippen molar-refractivity contribution in [1.82, 2.24) is 0 Å². The molecule has 2 heteroatoms. The van der Waals surface area contributed by atoms with Gasteiger partial charge in [0.2, 0.25) is 5.78 Å². The van der Waals surface area contributed by atoms with Crippen molar-refractivity contribution in [3.05, 3.63) is 35.4 Å². The number of rotatable bonds is 3. The zero-order valence-corrected chi connectivity index (χ0v) is 13.3. The monoisotopic (exact) mass is 289 g/mol. The molecule has 1 aliphatic carbocycles. The molecule has 0 spiro atoms. The van der Waals surface area contributed by atoms with E-state index in [2.05, 4.69) is 19.1 Å². The lowest BCUT2D eigenvalue weighted by Crippen LogP contribution is -2.48. The Morgan fingerprint density at radius 1 is 0.950 bits per heavy atom. The molecule has 1 heterocycles. The Balaban J connectivity index is 1.91. The molecule has 0 bridgehead atoms. The summed E-state index contributed by atoms with van der Waals surface area (Å²) in [6, 6.07) is 8.27. The Hall–Kier alpha value is -0.760. The van der Waals surface area contributed by atoms with E-state index >= 15 is 0 Å². The van der Waals surface area contributed by atoms with Crippen LogP contribution in [0.3, 0.4) is 0 Å². The predicted molar refractivity (Wildman–Crippen MR) is 87.7 cm³/mol. The van der Waals surface area contributed by atoms with E-state index in [9.17, 15) is 4.79 Å². The van der Waals surface area contributed by atoms with Gasteiger partial charge in [0.15, 0.2) is 4.75 Å². The number of ketones is 1. The van der Waals surface area contributed by atoms with E-state index in [1.165, 1.54) is 49.2 Å². The molecule has 0 N–H and O–H groups in total. The van der Waals surface area contributed by atoms with Gasteiger partial charge in [-0.1, -0.05) is 36.2 Å². The van der Waals surface area contributed by atoms with Gasteiger partial charge >= 0.3 is 0 Å². The van der Waals surface area contributed by atoms with Gasteiger partial charge in [0.25, 0.3) is 0 Å². The van der Waals surface area contributed by atoms with Gasteiger partial charge in [0.1, 0.15) is 11.5 Å². The zero-order valence-electron chi connectivity index (χ0n) is 12.5. The molecule has 0 unspecified atom stereocenters. The first-order valence-electron chi connectivity index (χ1n) is 8.01. The van der Waals surface area contributed by atoms with E-state index in [1.54, 1.807) is 0 Å². The molecular formula is C18H25OS+. The predicted octanol–water partition coefficient (Wildman–Crippen LogP) is 4.29. The van der Waals surface area contributed by atoms with Gasteiger partial charge in [-0.2, -0.15) is 0 Å². The van der Waals surface area contributed by atoms with Crippen LogP contribution in [0.2, 0.25) is 0 Å². The Labute approximate surface area is 125 Å². The SMILES string of the molecule is Cc1ccc(C(=O)C2([S+]3CCCC3)CCCCC2)cc1. The van der Waals surface area contributed by atoms with Crippen LogP contribution in [0.1, 0.15) is 60.9 Å². The number of benzene rings is 1. The number of carbonyl (C=O) groups excluding carboxylic acids is 1. The third kappa shape index (κ3) is 2.55. The van der Waals surface area contributed by atoms with Crippen LogP contribution in [0.25, 0.3) is 0 Å². The first kappa shape index (κ1) is 14.2. The quantitative estimate of drug-likeness (QED) is 0.599. The minimum absolute atomic E-state index is 0.00398. The Kier molecular flexibility index (Phi) is 4.21. The lowest BCUT2D eigenvalue weighted by Gasteiger charge is -2.33. The van der Waals surface area contributed by atoms with Crippen molar-refractivity contribution in [2.75, 3.05) is 11.5 Å². The third-order valence-electron chi connectivity index (χ3n) is 4.97. The van der Waals surface area contributed by atoms with E-state index in [0.29, 0.717) is 16.7 Å². The molecule has 0 radical (unpaired) electrons. The number of hydrogen-bond donors (Lipinski definition) is 0. The third-order valence-corrected chi connectivity index (χ3v) is 8.23. The molecule has 108 valence electrons. The standard InChI is InChI=1S/C18H25OS/c1-15-7-9-16(10-8-15)17(19)18(11-3-2-4-12-18)20-13-5-6-14-20/h7-10H,2-6,11-14H2,1H3/q+1. The molecular weight excluding hydrogens is 264 g/mol. The van der Waals surface area contributed by atoms with E-state index in [0.717, 1.165) is 18.4 Å². The van der Waals surface area contributed by atoms with Gasteiger partial charge in [-0.3, -0.25) is 4.79 Å². The summed E-state index contributed by atoms with van der Waals surface area (Å²) in [5.74, 6) is 3.07. The molecule has 1 aliphatic heterocycles. The molecule has 1 saturated carbocycles. The topological polar surface area (TPSA) is 17.1 Å². The smallest absolute Gasteiger partial charge is 0.217 e. The average molecular weight is 289 g/mol. The van der Waals surface area contributed by atoms with Crippen molar-refractivity contribution in [3.8, 4) is 0 Å². The maximum Gasteiger partial charge on any atom is 0.217 e. The summed E-state index contributed by atoms with van der Waals surface area (Å²) in [4.78, 5) is 13.2. The maximum absolute atomic E-state index is 13.2. The lowest BCUT2D eigenvalue weighted by atomic mass is 9.82. The molecule has 1 nitrogen and oxygen atoms in total. The molecule has 0 aromatic heterocycles. The highest BCUT2D eigenvalue weighted by molar-refractivity contribution is 7.99. The van der Waals surface area contributed by atoms with Crippen LogP contribution in [0.4, 0.5) is 0 Å². The molecule has 2 fully saturated rings. The summed E-state index contributed by atoms with van der Waals surface area (Å²) >= 11 is 0. The highest BCUT2D eigenvalue weighted by Gasteiger charge is 2.54. The molecule has 0 amide bonds. The highest BCUT2D eigenvalue weighted by atomic mass is 32.2. The summed E-state index contributed by atoms with van der Waals surface area (Å²) in [5.41, 5.74) is 2.19. The van der Waals surface area contributed by atoms with Crippen molar-refractivity contribution in [3.63, 3.8) is 0 Å². The molecule has 1 saturated heterocycles. The number of hydrogen-bond acceptors (Lipinski definition) is 1. The fourth-order valence-corrected chi connectivity index (χ4v) is 7.12. The van der Waals surface area contributed by atoms with E-state index in [4.69, 9.17) is 0 Å². The normalized spacial score (nSPS) is 22.9. The van der Waals surface area contributed by atoms with E-state index < -0.39 is 0 Å². The Morgan fingerprint density at radius 3 is 2.15 bits per heavy atom.